The molecule has 4 nitrogen and oxygen atoms in total. The molecule has 1 saturated heterocycles. The zero-order chi connectivity index (χ0) is 19.4. The molecule has 3 rings (SSSR count). The lowest BCUT2D eigenvalue weighted by molar-refractivity contribution is -0.138. The van der Waals surface area contributed by atoms with Crippen molar-refractivity contribution >= 4 is 11.8 Å². The van der Waals surface area contributed by atoms with Crippen LogP contribution in [-0.2, 0) is 4.79 Å². The Morgan fingerprint density at radius 3 is 2.52 bits per heavy atom. The molecule has 2 aromatic carbocycles. The van der Waals surface area contributed by atoms with Crippen LogP contribution in [-0.4, -0.2) is 47.8 Å². The molecule has 0 spiro atoms. The molecular weight excluding hydrogens is 343 g/mol. The number of rotatable bonds is 5. The highest BCUT2D eigenvalue weighted by Crippen LogP contribution is 2.27. The Balaban J connectivity index is 1.95. The van der Waals surface area contributed by atoms with Gasteiger partial charge in [0.05, 0.1) is 0 Å². The molecule has 0 unspecified atom stereocenters. The lowest BCUT2D eigenvalue weighted by atomic mass is 9.97. The highest BCUT2D eigenvalue weighted by atomic mass is 19.1. The molecule has 0 bridgehead atoms. The molecular formula is C22H25FN2O2. The number of hydrogen-bond acceptors (Lipinski definition) is 2. The topological polar surface area (TPSA) is 40.6 Å². The van der Waals surface area contributed by atoms with Crippen molar-refractivity contribution in [2.24, 2.45) is 0 Å². The summed E-state index contributed by atoms with van der Waals surface area (Å²) in [5.41, 5.74) is 2.08. The molecule has 0 radical (unpaired) electrons. The Kier molecular flexibility index (Phi) is 5.89. The molecule has 0 aromatic heterocycles. The van der Waals surface area contributed by atoms with Gasteiger partial charge < -0.3 is 9.80 Å². The first-order chi connectivity index (χ1) is 13.0. The van der Waals surface area contributed by atoms with E-state index in [4.69, 9.17) is 0 Å². The van der Waals surface area contributed by atoms with Crippen LogP contribution in [0.2, 0.25) is 0 Å². The summed E-state index contributed by atoms with van der Waals surface area (Å²) in [5, 5.41) is 0. The Hall–Kier alpha value is -2.69. The maximum Gasteiger partial charge on any atom is 0.255 e. The van der Waals surface area contributed by atoms with Crippen molar-refractivity contribution in [2.45, 2.75) is 32.2 Å². The van der Waals surface area contributed by atoms with E-state index in [2.05, 4.69) is 6.92 Å². The largest absolute Gasteiger partial charge is 0.342 e. The third-order valence-corrected chi connectivity index (χ3v) is 5.12. The van der Waals surface area contributed by atoms with Gasteiger partial charge in [0.2, 0.25) is 5.91 Å². The third-order valence-electron chi connectivity index (χ3n) is 5.12. The molecule has 1 atom stereocenters. The molecule has 142 valence electrons. The van der Waals surface area contributed by atoms with E-state index in [1.807, 2.05) is 18.2 Å². The van der Waals surface area contributed by atoms with Crippen molar-refractivity contribution in [1.29, 1.82) is 0 Å². The average molecular weight is 368 g/mol. The van der Waals surface area contributed by atoms with Gasteiger partial charge in [0.15, 0.2) is 0 Å². The van der Waals surface area contributed by atoms with Crippen molar-refractivity contribution in [3.8, 4) is 11.1 Å². The van der Waals surface area contributed by atoms with E-state index in [0.717, 1.165) is 24.0 Å². The molecule has 1 aliphatic rings. The minimum absolute atomic E-state index is 0.00214. The number of piperazine rings is 1. The fourth-order valence-electron chi connectivity index (χ4n) is 3.54. The number of amides is 2. The number of carbonyl (C=O) groups is 2. The van der Waals surface area contributed by atoms with E-state index >= 15 is 0 Å². The standard InChI is InChI=1S/C22H25FN2O2/c1-3-4-9-20-22(27)24(2)14-15-25(20)21(26)19-8-6-5-7-18(19)16-10-12-17(23)13-11-16/h5-8,10-13,20H,3-4,9,14-15H2,1-2H3/t20-/m0/s1. The summed E-state index contributed by atoms with van der Waals surface area (Å²) in [6.07, 6.45) is 2.54. The Labute approximate surface area is 159 Å². The summed E-state index contributed by atoms with van der Waals surface area (Å²) in [7, 11) is 1.79. The first-order valence-electron chi connectivity index (χ1n) is 9.44. The van der Waals surface area contributed by atoms with Gasteiger partial charge in [-0.25, -0.2) is 4.39 Å². The Morgan fingerprint density at radius 2 is 1.81 bits per heavy atom. The quantitative estimate of drug-likeness (QED) is 0.801. The number of nitrogens with zero attached hydrogens (tertiary/aromatic N) is 2. The summed E-state index contributed by atoms with van der Waals surface area (Å²) in [6.45, 7) is 3.13. The van der Waals surface area contributed by atoms with Gasteiger partial charge in [-0.05, 0) is 35.7 Å². The van der Waals surface area contributed by atoms with Crippen LogP contribution >= 0.6 is 0 Å². The number of benzene rings is 2. The first kappa shape index (κ1) is 19.1. The molecule has 1 aliphatic heterocycles. The number of unbranched alkanes of at least 4 members (excludes halogenated alkanes) is 1. The maximum absolute atomic E-state index is 13.4. The molecule has 2 aromatic rings. The fraction of sp³-hybridized carbons (Fsp3) is 0.364. The van der Waals surface area contributed by atoms with E-state index in [1.54, 1.807) is 35.0 Å². The third kappa shape index (κ3) is 4.02. The van der Waals surface area contributed by atoms with Crippen molar-refractivity contribution < 1.29 is 14.0 Å². The summed E-state index contributed by atoms with van der Waals surface area (Å²) in [5.74, 6) is -0.452. The zero-order valence-corrected chi connectivity index (χ0v) is 15.8. The van der Waals surface area contributed by atoms with Gasteiger partial charge in [0.1, 0.15) is 11.9 Å². The van der Waals surface area contributed by atoms with Crippen LogP contribution in [0.4, 0.5) is 4.39 Å². The van der Waals surface area contributed by atoms with Crippen LogP contribution < -0.4 is 0 Å². The van der Waals surface area contributed by atoms with Gasteiger partial charge >= 0.3 is 0 Å². The summed E-state index contributed by atoms with van der Waals surface area (Å²) >= 11 is 0. The van der Waals surface area contributed by atoms with Gasteiger partial charge in [-0.1, -0.05) is 50.1 Å². The molecule has 0 saturated carbocycles. The lowest BCUT2D eigenvalue weighted by Gasteiger charge is -2.39. The van der Waals surface area contributed by atoms with Crippen LogP contribution in [0.25, 0.3) is 11.1 Å². The van der Waals surface area contributed by atoms with Crippen molar-refractivity contribution in [2.75, 3.05) is 20.1 Å². The highest BCUT2D eigenvalue weighted by molar-refractivity contribution is 6.03. The van der Waals surface area contributed by atoms with Gasteiger partial charge in [0, 0.05) is 25.7 Å². The Morgan fingerprint density at radius 1 is 1.11 bits per heavy atom. The molecule has 1 fully saturated rings. The summed E-state index contributed by atoms with van der Waals surface area (Å²) < 4.78 is 13.3. The van der Waals surface area contributed by atoms with Gasteiger partial charge in [0.25, 0.3) is 5.91 Å². The number of likely N-dealkylation sites (N-methyl/N-ethyl adjacent to an activating group) is 1. The summed E-state index contributed by atoms with van der Waals surface area (Å²) in [4.78, 5) is 29.4. The van der Waals surface area contributed by atoms with Gasteiger partial charge in [-0.3, -0.25) is 9.59 Å². The predicted octanol–water partition coefficient (Wildman–Crippen LogP) is 3.97. The fourth-order valence-corrected chi connectivity index (χ4v) is 3.54. The second-order valence-electron chi connectivity index (χ2n) is 6.97. The van der Waals surface area contributed by atoms with Crippen LogP contribution in [0.3, 0.4) is 0 Å². The number of hydrogen-bond donors (Lipinski definition) is 0. The molecule has 0 N–H and O–H groups in total. The predicted molar refractivity (Wildman–Crippen MR) is 104 cm³/mol. The smallest absolute Gasteiger partial charge is 0.255 e. The van der Waals surface area contributed by atoms with Crippen molar-refractivity contribution in [3.05, 3.63) is 59.9 Å². The first-order valence-corrected chi connectivity index (χ1v) is 9.44. The number of halogens is 1. The van der Waals surface area contributed by atoms with E-state index in [-0.39, 0.29) is 17.6 Å². The Bertz CT molecular complexity index is 819. The minimum Gasteiger partial charge on any atom is -0.342 e. The van der Waals surface area contributed by atoms with Crippen LogP contribution in [0, 0.1) is 5.82 Å². The number of carbonyl (C=O) groups excluding carboxylic acids is 2. The SMILES string of the molecule is CCCC[C@H]1C(=O)N(C)CCN1C(=O)c1ccccc1-c1ccc(F)cc1. The second kappa shape index (κ2) is 8.33. The van der Waals surface area contributed by atoms with E-state index in [1.165, 1.54) is 12.1 Å². The van der Waals surface area contributed by atoms with E-state index < -0.39 is 6.04 Å². The van der Waals surface area contributed by atoms with Crippen molar-refractivity contribution in [3.63, 3.8) is 0 Å². The summed E-state index contributed by atoms with van der Waals surface area (Å²) in [6, 6.07) is 13.0. The van der Waals surface area contributed by atoms with Crippen molar-refractivity contribution in [1.82, 2.24) is 9.80 Å². The van der Waals surface area contributed by atoms with Crippen LogP contribution in [0.1, 0.15) is 36.5 Å². The second-order valence-corrected chi connectivity index (χ2v) is 6.97. The highest BCUT2D eigenvalue weighted by Gasteiger charge is 2.36. The molecule has 0 aliphatic carbocycles. The van der Waals surface area contributed by atoms with Gasteiger partial charge in [-0.15, -0.1) is 0 Å². The van der Waals surface area contributed by atoms with E-state index in [9.17, 15) is 14.0 Å². The van der Waals surface area contributed by atoms with E-state index in [0.29, 0.717) is 25.1 Å². The molecule has 27 heavy (non-hydrogen) atoms. The maximum atomic E-state index is 13.4. The van der Waals surface area contributed by atoms with Crippen LogP contribution in [0.15, 0.2) is 48.5 Å². The normalized spacial score (nSPS) is 17.3. The van der Waals surface area contributed by atoms with Gasteiger partial charge in [-0.2, -0.15) is 0 Å². The molecule has 5 heteroatoms. The molecule has 1 heterocycles. The average Bonchev–Trinajstić information content (AvgIpc) is 2.69. The van der Waals surface area contributed by atoms with Crippen LogP contribution in [0.5, 0.6) is 0 Å². The minimum atomic E-state index is -0.419. The zero-order valence-electron chi connectivity index (χ0n) is 15.8. The monoisotopic (exact) mass is 368 g/mol. The lowest BCUT2D eigenvalue weighted by Crippen LogP contribution is -2.57. The molecule has 2 amide bonds.